The zero-order valence-corrected chi connectivity index (χ0v) is 19.3. The standard InChI is InChI=1S/C23H24FN3O6S/c1-23(2)27(9-10-34(23,32)33)22(31)20(29)19(28)21(30)26-13-14-3-5-15(6-4-14)18-8-7-17(24)11-16(18)12-25/h3-8,11,19-20,28-29H,9-10,13H2,1-2H3,(H,26,30)/t19-,20-/m1/s1. The van der Waals surface area contributed by atoms with Crippen molar-refractivity contribution >= 4 is 21.7 Å². The Labute approximate surface area is 196 Å². The summed E-state index contributed by atoms with van der Waals surface area (Å²) in [7, 11) is -3.60. The van der Waals surface area contributed by atoms with Gasteiger partial charge in [-0.25, -0.2) is 12.8 Å². The summed E-state index contributed by atoms with van der Waals surface area (Å²) in [5.41, 5.74) is 2.01. The molecule has 9 nitrogen and oxygen atoms in total. The van der Waals surface area contributed by atoms with Crippen LogP contribution in [-0.2, 0) is 26.0 Å². The highest BCUT2D eigenvalue weighted by molar-refractivity contribution is 7.93. The molecular formula is C23H24FN3O6S. The Morgan fingerprint density at radius 2 is 1.82 bits per heavy atom. The number of hydrogen-bond acceptors (Lipinski definition) is 7. The maximum absolute atomic E-state index is 13.3. The SMILES string of the molecule is CC1(C)N(C(=O)[C@H](O)[C@@H](O)C(=O)NCc2ccc(-c3ccc(F)cc3C#N)cc2)CCS1(=O)=O. The Balaban J connectivity index is 1.62. The van der Waals surface area contributed by atoms with E-state index in [0.29, 0.717) is 16.7 Å². The van der Waals surface area contributed by atoms with E-state index >= 15 is 0 Å². The van der Waals surface area contributed by atoms with Crippen molar-refractivity contribution in [2.45, 2.75) is 37.5 Å². The van der Waals surface area contributed by atoms with Gasteiger partial charge in [-0.3, -0.25) is 9.59 Å². The Morgan fingerprint density at radius 3 is 2.38 bits per heavy atom. The Bertz CT molecular complexity index is 1250. The predicted molar refractivity (Wildman–Crippen MR) is 120 cm³/mol. The number of aliphatic hydroxyl groups is 2. The highest BCUT2D eigenvalue weighted by atomic mass is 32.2. The minimum absolute atomic E-state index is 0.0325. The summed E-state index contributed by atoms with van der Waals surface area (Å²) in [6.45, 7) is 2.46. The van der Waals surface area contributed by atoms with Crippen LogP contribution in [0.1, 0.15) is 25.0 Å². The molecule has 2 atom stereocenters. The molecule has 1 heterocycles. The van der Waals surface area contributed by atoms with Gasteiger partial charge in [-0.15, -0.1) is 0 Å². The van der Waals surface area contributed by atoms with Crippen molar-refractivity contribution in [3.63, 3.8) is 0 Å². The maximum atomic E-state index is 13.3. The smallest absolute Gasteiger partial charge is 0.255 e. The van der Waals surface area contributed by atoms with Gasteiger partial charge in [0.15, 0.2) is 22.0 Å². The Kier molecular flexibility index (Phi) is 7.07. The van der Waals surface area contributed by atoms with Crippen LogP contribution in [0.4, 0.5) is 4.39 Å². The number of aliphatic hydroxyl groups excluding tert-OH is 2. The minimum Gasteiger partial charge on any atom is -0.380 e. The fourth-order valence-electron chi connectivity index (χ4n) is 3.67. The minimum atomic E-state index is -3.60. The zero-order chi connectivity index (χ0) is 25.3. The number of carbonyl (C=O) groups excluding carboxylic acids is 2. The first kappa shape index (κ1) is 25.3. The second-order valence-corrected chi connectivity index (χ2v) is 11.0. The molecule has 0 saturated carbocycles. The average Bonchev–Trinajstić information content (AvgIpc) is 3.03. The number of rotatable bonds is 6. The summed E-state index contributed by atoms with van der Waals surface area (Å²) in [4.78, 5) is 24.2. The molecule has 0 bridgehead atoms. The normalized spacial score (nSPS) is 18.1. The van der Waals surface area contributed by atoms with Gasteiger partial charge in [-0.1, -0.05) is 30.3 Å². The van der Waals surface area contributed by atoms with Gasteiger partial charge in [0.25, 0.3) is 11.8 Å². The maximum Gasteiger partial charge on any atom is 0.255 e. The third-order valence-electron chi connectivity index (χ3n) is 5.92. The molecule has 11 heteroatoms. The van der Waals surface area contributed by atoms with Crippen molar-refractivity contribution < 1.29 is 32.6 Å². The molecule has 34 heavy (non-hydrogen) atoms. The van der Waals surface area contributed by atoms with Gasteiger partial charge in [0.05, 0.1) is 17.4 Å². The molecule has 0 spiro atoms. The molecule has 0 aromatic heterocycles. The van der Waals surface area contributed by atoms with E-state index in [1.54, 1.807) is 24.3 Å². The summed E-state index contributed by atoms with van der Waals surface area (Å²) in [5.74, 6) is -2.85. The lowest BCUT2D eigenvalue weighted by Crippen LogP contribution is -2.55. The summed E-state index contributed by atoms with van der Waals surface area (Å²) in [6, 6.07) is 12.5. The lowest BCUT2D eigenvalue weighted by molar-refractivity contribution is -0.154. The lowest BCUT2D eigenvalue weighted by Gasteiger charge is -2.32. The second kappa shape index (κ2) is 9.50. The molecule has 2 aromatic rings. The Morgan fingerprint density at radius 1 is 1.18 bits per heavy atom. The van der Waals surface area contributed by atoms with Crippen LogP contribution >= 0.6 is 0 Å². The van der Waals surface area contributed by atoms with Crippen LogP contribution in [0.5, 0.6) is 0 Å². The topological polar surface area (TPSA) is 148 Å². The third-order valence-corrected chi connectivity index (χ3v) is 8.38. The first-order chi connectivity index (χ1) is 15.9. The number of nitrogens with one attached hydrogen (secondary N) is 1. The van der Waals surface area contributed by atoms with E-state index in [-0.39, 0.29) is 24.4 Å². The number of amides is 2. The van der Waals surface area contributed by atoms with Gasteiger partial charge in [0.2, 0.25) is 0 Å². The van der Waals surface area contributed by atoms with Crippen LogP contribution in [0, 0.1) is 17.1 Å². The number of nitrogens with zero attached hydrogens (tertiary/aromatic N) is 2. The fraction of sp³-hybridized carbons (Fsp3) is 0.348. The average molecular weight is 490 g/mol. The zero-order valence-electron chi connectivity index (χ0n) is 18.5. The van der Waals surface area contributed by atoms with Crippen LogP contribution < -0.4 is 5.32 Å². The molecule has 1 fully saturated rings. The molecule has 1 saturated heterocycles. The van der Waals surface area contributed by atoms with E-state index in [4.69, 9.17) is 0 Å². The van der Waals surface area contributed by atoms with Gasteiger partial charge in [0, 0.05) is 13.1 Å². The van der Waals surface area contributed by atoms with Crippen molar-refractivity contribution in [1.82, 2.24) is 10.2 Å². The summed E-state index contributed by atoms with van der Waals surface area (Å²) >= 11 is 0. The molecule has 2 amide bonds. The van der Waals surface area contributed by atoms with Gasteiger partial charge in [-0.2, -0.15) is 5.26 Å². The van der Waals surface area contributed by atoms with Crippen molar-refractivity contribution in [2.75, 3.05) is 12.3 Å². The van der Waals surface area contributed by atoms with E-state index in [1.165, 1.54) is 26.0 Å². The Hall–Kier alpha value is -3.33. The molecule has 1 aliphatic heterocycles. The molecule has 1 aliphatic rings. The number of hydrogen-bond donors (Lipinski definition) is 3. The number of nitriles is 1. The first-order valence-corrected chi connectivity index (χ1v) is 12.0. The quantitative estimate of drug-likeness (QED) is 0.541. The van der Waals surface area contributed by atoms with Gasteiger partial charge in [0.1, 0.15) is 10.7 Å². The van der Waals surface area contributed by atoms with E-state index in [0.717, 1.165) is 11.0 Å². The van der Waals surface area contributed by atoms with Crippen molar-refractivity contribution in [1.29, 1.82) is 5.26 Å². The first-order valence-electron chi connectivity index (χ1n) is 10.4. The third kappa shape index (κ3) is 4.79. The van der Waals surface area contributed by atoms with E-state index in [1.807, 2.05) is 6.07 Å². The monoisotopic (exact) mass is 489 g/mol. The van der Waals surface area contributed by atoms with E-state index < -0.39 is 44.5 Å². The molecule has 0 radical (unpaired) electrons. The second-order valence-electron chi connectivity index (χ2n) is 8.36. The van der Waals surface area contributed by atoms with Crippen LogP contribution in [-0.4, -0.2) is 64.7 Å². The number of benzene rings is 2. The highest BCUT2D eigenvalue weighted by Crippen LogP contribution is 2.30. The largest absolute Gasteiger partial charge is 0.380 e. The number of sulfone groups is 1. The van der Waals surface area contributed by atoms with Gasteiger partial charge >= 0.3 is 0 Å². The molecular weight excluding hydrogens is 465 g/mol. The van der Waals surface area contributed by atoms with Crippen LogP contribution in [0.15, 0.2) is 42.5 Å². The van der Waals surface area contributed by atoms with Gasteiger partial charge < -0.3 is 20.4 Å². The van der Waals surface area contributed by atoms with Gasteiger partial charge in [-0.05, 0) is 42.7 Å². The molecule has 3 rings (SSSR count). The van der Waals surface area contributed by atoms with Crippen molar-refractivity contribution in [3.05, 3.63) is 59.4 Å². The summed E-state index contributed by atoms with van der Waals surface area (Å²) < 4.78 is 37.5. The van der Waals surface area contributed by atoms with Crippen LogP contribution in [0.2, 0.25) is 0 Å². The molecule has 180 valence electrons. The lowest BCUT2D eigenvalue weighted by atomic mass is 9.99. The summed E-state index contributed by atoms with van der Waals surface area (Å²) in [5, 5.41) is 32.0. The van der Waals surface area contributed by atoms with Crippen molar-refractivity contribution in [2.24, 2.45) is 0 Å². The van der Waals surface area contributed by atoms with E-state index in [9.17, 15) is 37.9 Å². The molecule has 2 aromatic carbocycles. The number of halogens is 1. The fourth-order valence-corrected chi connectivity index (χ4v) is 5.11. The number of carbonyl (C=O) groups is 2. The van der Waals surface area contributed by atoms with Crippen LogP contribution in [0.3, 0.4) is 0 Å². The molecule has 0 unspecified atom stereocenters. The highest BCUT2D eigenvalue weighted by Gasteiger charge is 2.50. The summed E-state index contributed by atoms with van der Waals surface area (Å²) in [6.07, 6.45) is -4.22. The predicted octanol–water partition coefficient (Wildman–Crippen LogP) is 0.695. The molecule has 3 N–H and O–H groups in total. The molecule has 0 aliphatic carbocycles. The van der Waals surface area contributed by atoms with E-state index in [2.05, 4.69) is 5.32 Å². The van der Waals surface area contributed by atoms with Crippen molar-refractivity contribution in [3.8, 4) is 17.2 Å². The van der Waals surface area contributed by atoms with Crippen LogP contribution in [0.25, 0.3) is 11.1 Å².